The van der Waals surface area contributed by atoms with Gasteiger partial charge in [0.05, 0.1) is 0 Å². The predicted molar refractivity (Wildman–Crippen MR) is 90.1 cm³/mol. The Balaban J connectivity index is 1.65. The maximum Gasteiger partial charge on any atom is 0.224 e. The Bertz CT molecular complexity index is 688. The summed E-state index contributed by atoms with van der Waals surface area (Å²) in [5.41, 5.74) is 2.77. The fourth-order valence-electron chi connectivity index (χ4n) is 2.88. The number of benzene rings is 1. The molecule has 0 radical (unpaired) electrons. The highest BCUT2D eigenvalue weighted by atomic mass is 16.1. The summed E-state index contributed by atoms with van der Waals surface area (Å²) in [6.45, 7) is 5.96. The molecule has 6 heteroatoms. The van der Waals surface area contributed by atoms with Crippen molar-refractivity contribution in [1.29, 1.82) is 0 Å². The molecule has 2 aromatic rings. The first-order chi connectivity index (χ1) is 11.1. The number of nitrogens with zero attached hydrogens (tertiary/aromatic N) is 2. The van der Waals surface area contributed by atoms with E-state index in [4.69, 9.17) is 0 Å². The van der Waals surface area contributed by atoms with Crippen LogP contribution >= 0.6 is 0 Å². The van der Waals surface area contributed by atoms with E-state index in [2.05, 4.69) is 25.8 Å². The second-order valence-corrected chi connectivity index (χ2v) is 6.22. The fourth-order valence-corrected chi connectivity index (χ4v) is 2.88. The zero-order valence-corrected chi connectivity index (χ0v) is 13.6. The minimum absolute atomic E-state index is 0.0725. The lowest BCUT2D eigenvalue weighted by Gasteiger charge is -2.11. The smallest absolute Gasteiger partial charge is 0.224 e. The molecule has 3 N–H and O–H groups in total. The molecule has 1 aromatic carbocycles. The molecule has 1 saturated heterocycles. The van der Waals surface area contributed by atoms with E-state index in [1.807, 2.05) is 32.0 Å². The molecule has 1 unspecified atom stereocenters. The number of hydrogen-bond acceptors (Lipinski definition) is 4. The SMILES string of the molecule is Cc1nc(-c2ccc(C)c(NC(=O)CCC3CCNC3)c2)n[nH]1. The quantitative estimate of drug-likeness (QED) is 0.791. The Kier molecular flexibility index (Phi) is 4.71. The van der Waals surface area contributed by atoms with Crippen LogP contribution in [0.2, 0.25) is 0 Å². The van der Waals surface area contributed by atoms with Crippen LogP contribution in [0.25, 0.3) is 11.4 Å². The van der Waals surface area contributed by atoms with Crippen LogP contribution in [-0.2, 0) is 4.79 Å². The molecule has 0 aliphatic carbocycles. The molecular formula is C17H23N5O. The largest absolute Gasteiger partial charge is 0.326 e. The molecule has 2 heterocycles. The molecule has 1 aliphatic rings. The highest BCUT2D eigenvalue weighted by Crippen LogP contribution is 2.23. The van der Waals surface area contributed by atoms with E-state index in [1.165, 1.54) is 6.42 Å². The van der Waals surface area contributed by atoms with E-state index in [1.54, 1.807) is 0 Å². The van der Waals surface area contributed by atoms with E-state index in [0.717, 1.165) is 42.1 Å². The number of carbonyl (C=O) groups is 1. The number of anilines is 1. The second kappa shape index (κ2) is 6.91. The standard InChI is InChI=1S/C17H23N5O/c1-11-3-5-14(17-19-12(2)21-22-17)9-15(11)20-16(23)6-4-13-7-8-18-10-13/h3,5,9,13,18H,4,6-8,10H2,1-2H3,(H,20,23)(H,19,21,22). The van der Waals surface area contributed by atoms with Crippen molar-refractivity contribution < 1.29 is 4.79 Å². The summed E-state index contributed by atoms with van der Waals surface area (Å²) < 4.78 is 0. The third-order valence-electron chi connectivity index (χ3n) is 4.31. The van der Waals surface area contributed by atoms with Crippen molar-refractivity contribution in [3.05, 3.63) is 29.6 Å². The van der Waals surface area contributed by atoms with Gasteiger partial charge in [-0.2, -0.15) is 5.10 Å². The number of aromatic nitrogens is 3. The molecule has 122 valence electrons. The molecule has 1 aromatic heterocycles. The van der Waals surface area contributed by atoms with Gasteiger partial charge in [0, 0.05) is 17.7 Å². The van der Waals surface area contributed by atoms with Crippen molar-refractivity contribution in [3.8, 4) is 11.4 Å². The van der Waals surface area contributed by atoms with Crippen LogP contribution in [0.15, 0.2) is 18.2 Å². The van der Waals surface area contributed by atoms with Gasteiger partial charge in [-0.05, 0) is 57.3 Å². The third kappa shape index (κ3) is 3.96. The first kappa shape index (κ1) is 15.7. The topological polar surface area (TPSA) is 82.7 Å². The highest BCUT2D eigenvalue weighted by molar-refractivity contribution is 5.92. The fraction of sp³-hybridized carbons (Fsp3) is 0.471. The summed E-state index contributed by atoms with van der Waals surface area (Å²) in [6, 6.07) is 5.89. The summed E-state index contributed by atoms with van der Waals surface area (Å²) in [4.78, 5) is 16.5. The summed E-state index contributed by atoms with van der Waals surface area (Å²) in [7, 11) is 0. The van der Waals surface area contributed by atoms with E-state index in [-0.39, 0.29) is 5.91 Å². The number of aromatic amines is 1. The van der Waals surface area contributed by atoms with Gasteiger partial charge in [-0.1, -0.05) is 12.1 Å². The van der Waals surface area contributed by atoms with Gasteiger partial charge in [-0.25, -0.2) is 4.98 Å². The van der Waals surface area contributed by atoms with Crippen LogP contribution in [-0.4, -0.2) is 34.2 Å². The highest BCUT2D eigenvalue weighted by Gasteiger charge is 2.16. The zero-order valence-electron chi connectivity index (χ0n) is 13.6. The lowest BCUT2D eigenvalue weighted by Crippen LogP contribution is -2.15. The molecule has 6 nitrogen and oxygen atoms in total. The third-order valence-corrected chi connectivity index (χ3v) is 4.31. The Morgan fingerprint density at radius 3 is 2.96 bits per heavy atom. The molecule has 1 atom stereocenters. The van der Waals surface area contributed by atoms with Crippen LogP contribution in [0.3, 0.4) is 0 Å². The van der Waals surface area contributed by atoms with Gasteiger partial charge >= 0.3 is 0 Å². The predicted octanol–water partition coefficient (Wildman–Crippen LogP) is 2.42. The van der Waals surface area contributed by atoms with Gasteiger partial charge in [-0.3, -0.25) is 9.89 Å². The Morgan fingerprint density at radius 1 is 1.39 bits per heavy atom. The molecule has 0 spiro atoms. The van der Waals surface area contributed by atoms with Crippen molar-refractivity contribution in [3.63, 3.8) is 0 Å². The molecule has 23 heavy (non-hydrogen) atoms. The summed E-state index contributed by atoms with van der Waals surface area (Å²) in [5, 5.41) is 13.4. The summed E-state index contributed by atoms with van der Waals surface area (Å²) in [6.07, 6.45) is 2.68. The van der Waals surface area contributed by atoms with Crippen molar-refractivity contribution in [2.75, 3.05) is 18.4 Å². The van der Waals surface area contributed by atoms with Crippen LogP contribution < -0.4 is 10.6 Å². The van der Waals surface area contributed by atoms with Crippen LogP contribution in [0.5, 0.6) is 0 Å². The summed E-state index contributed by atoms with van der Waals surface area (Å²) >= 11 is 0. The number of nitrogens with one attached hydrogen (secondary N) is 3. The van der Waals surface area contributed by atoms with Crippen LogP contribution in [0.4, 0.5) is 5.69 Å². The average molecular weight is 313 g/mol. The normalized spacial score (nSPS) is 17.4. The maximum atomic E-state index is 12.2. The van der Waals surface area contributed by atoms with E-state index in [0.29, 0.717) is 18.2 Å². The average Bonchev–Trinajstić information content (AvgIpc) is 3.19. The van der Waals surface area contributed by atoms with Gasteiger partial charge < -0.3 is 10.6 Å². The van der Waals surface area contributed by atoms with Crippen molar-refractivity contribution in [2.45, 2.75) is 33.1 Å². The Labute approximate surface area is 136 Å². The number of hydrogen-bond donors (Lipinski definition) is 3. The monoisotopic (exact) mass is 313 g/mol. The number of amides is 1. The molecule has 1 amide bonds. The zero-order chi connectivity index (χ0) is 16.2. The molecule has 0 bridgehead atoms. The van der Waals surface area contributed by atoms with E-state index in [9.17, 15) is 4.79 Å². The second-order valence-electron chi connectivity index (χ2n) is 6.22. The molecular weight excluding hydrogens is 290 g/mol. The van der Waals surface area contributed by atoms with Gasteiger partial charge in [0.25, 0.3) is 0 Å². The van der Waals surface area contributed by atoms with Crippen molar-refractivity contribution in [1.82, 2.24) is 20.5 Å². The van der Waals surface area contributed by atoms with Gasteiger partial charge in [0.1, 0.15) is 5.82 Å². The van der Waals surface area contributed by atoms with Crippen molar-refractivity contribution in [2.24, 2.45) is 5.92 Å². The molecule has 1 fully saturated rings. The van der Waals surface area contributed by atoms with E-state index >= 15 is 0 Å². The van der Waals surface area contributed by atoms with Gasteiger partial charge in [0.2, 0.25) is 5.91 Å². The Hall–Kier alpha value is -2.21. The first-order valence-corrected chi connectivity index (χ1v) is 8.12. The maximum absolute atomic E-state index is 12.2. The van der Waals surface area contributed by atoms with Gasteiger partial charge in [-0.15, -0.1) is 0 Å². The summed E-state index contributed by atoms with van der Waals surface area (Å²) in [5.74, 6) is 2.12. The van der Waals surface area contributed by atoms with Crippen LogP contribution in [0, 0.1) is 19.8 Å². The number of aryl methyl sites for hydroxylation is 2. The molecule has 1 aliphatic heterocycles. The number of H-pyrrole nitrogens is 1. The van der Waals surface area contributed by atoms with Crippen LogP contribution in [0.1, 0.15) is 30.7 Å². The van der Waals surface area contributed by atoms with E-state index < -0.39 is 0 Å². The minimum Gasteiger partial charge on any atom is -0.326 e. The molecule has 3 rings (SSSR count). The lowest BCUT2D eigenvalue weighted by atomic mass is 10.0. The minimum atomic E-state index is 0.0725. The number of rotatable bonds is 5. The lowest BCUT2D eigenvalue weighted by molar-refractivity contribution is -0.116. The van der Waals surface area contributed by atoms with Gasteiger partial charge in [0.15, 0.2) is 5.82 Å². The first-order valence-electron chi connectivity index (χ1n) is 8.12. The molecule has 0 saturated carbocycles. The van der Waals surface area contributed by atoms with Crippen molar-refractivity contribution >= 4 is 11.6 Å². The Morgan fingerprint density at radius 2 is 2.26 bits per heavy atom. The number of carbonyl (C=O) groups excluding carboxylic acids is 1.